The van der Waals surface area contributed by atoms with Crippen molar-refractivity contribution in [1.29, 1.82) is 0 Å². The van der Waals surface area contributed by atoms with Crippen molar-refractivity contribution in [2.24, 2.45) is 0 Å². The van der Waals surface area contributed by atoms with Gasteiger partial charge in [0.1, 0.15) is 19.3 Å². The van der Waals surface area contributed by atoms with E-state index < -0.39 is 16.1 Å². The van der Waals surface area contributed by atoms with Crippen LogP contribution in [0, 0.1) is 0 Å². The predicted molar refractivity (Wildman–Crippen MR) is 108 cm³/mol. The molecule has 9 heteroatoms. The number of hydrogen-bond donors (Lipinski definition) is 1. The number of ether oxygens (including phenoxy) is 2. The molecule has 1 aromatic rings. The summed E-state index contributed by atoms with van der Waals surface area (Å²) < 4.78 is 37.0. The number of likely N-dealkylation sites (tertiary alicyclic amines) is 1. The molecular weight excluding hydrogens is 382 g/mol. The first kappa shape index (κ1) is 20.7. The van der Waals surface area contributed by atoms with Gasteiger partial charge >= 0.3 is 0 Å². The number of anilines is 1. The van der Waals surface area contributed by atoms with Gasteiger partial charge in [0, 0.05) is 12.6 Å². The molecule has 1 N–H and O–H groups in total. The Balaban J connectivity index is 1.64. The largest absolute Gasteiger partial charge is 0.486 e. The van der Waals surface area contributed by atoms with E-state index in [0.717, 1.165) is 36.6 Å². The Kier molecular flexibility index (Phi) is 6.66. The third-order valence-corrected chi connectivity index (χ3v) is 6.26. The van der Waals surface area contributed by atoms with Crippen molar-refractivity contribution < 1.29 is 22.7 Å². The Hall–Kier alpha value is -2.00. The first-order valence-electron chi connectivity index (χ1n) is 9.75. The molecule has 2 aliphatic rings. The van der Waals surface area contributed by atoms with Gasteiger partial charge in [-0.05, 0) is 58.0 Å². The summed E-state index contributed by atoms with van der Waals surface area (Å²) >= 11 is 0. The lowest BCUT2D eigenvalue weighted by molar-refractivity contribution is -0.121. The fourth-order valence-corrected chi connectivity index (χ4v) is 4.81. The Morgan fingerprint density at radius 1 is 1.21 bits per heavy atom. The summed E-state index contributed by atoms with van der Waals surface area (Å²) in [4.78, 5) is 15.0. The molecule has 1 saturated heterocycles. The van der Waals surface area contributed by atoms with E-state index in [4.69, 9.17) is 9.47 Å². The second-order valence-corrected chi connectivity index (χ2v) is 9.12. The molecule has 1 amide bonds. The molecule has 0 radical (unpaired) electrons. The maximum atomic E-state index is 12.6. The van der Waals surface area contributed by atoms with E-state index in [2.05, 4.69) is 10.2 Å². The number of amides is 1. The van der Waals surface area contributed by atoms with Crippen molar-refractivity contribution in [3.8, 4) is 11.5 Å². The van der Waals surface area contributed by atoms with Crippen molar-refractivity contribution in [2.75, 3.05) is 50.0 Å². The van der Waals surface area contributed by atoms with E-state index in [0.29, 0.717) is 36.9 Å². The predicted octanol–water partition coefficient (Wildman–Crippen LogP) is 1.21. The summed E-state index contributed by atoms with van der Waals surface area (Å²) in [7, 11) is -3.66. The summed E-state index contributed by atoms with van der Waals surface area (Å²) in [6.45, 7) is 6.17. The molecule has 1 aromatic carbocycles. The molecule has 0 spiro atoms. The molecule has 0 aromatic heterocycles. The topological polar surface area (TPSA) is 88.2 Å². The van der Waals surface area contributed by atoms with Crippen LogP contribution in [0.4, 0.5) is 5.69 Å². The van der Waals surface area contributed by atoms with Crippen molar-refractivity contribution in [2.45, 2.75) is 32.2 Å². The van der Waals surface area contributed by atoms with Crippen LogP contribution in [0.25, 0.3) is 0 Å². The fraction of sp³-hybridized carbons (Fsp3) is 0.632. The molecule has 0 unspecified atom stereocenters. The quantitative estimate of drug-likeness (QED) is 0.647. The molecule has 1 fully saturated rings. The molecule has 2 aliphatic heterocycles. The highest BCUT2D eigenvalue weighted by atomic mass is 32.2. The van der Waals surface area contributed by atoms with Crippen LogP contribution in [0.15, 0.2) is 18.2 Å². The minimum atomic E-state index is -3.66. The molecule has 0 aliphatic carbocycles. The zero-order valence-electron chi connectivity index (χ0n) is 16.5. The summed E-state index contributed by atoms with van der Waals surface area (Å²) in [6, 6.07) is 4.03. The Morgan fingerprint density at radius 3 is 2.57 bits per heavy atom. The maximum Gasteiger partial charge on any atom is 0.243 e. The molecule has 0 bridgehead atoms. The van der Waals surface area contributed by atoms with E-state index in [1.54, 1.807) is 25.1 Å². The normalized spacial score (nSPS) is 17.9. The van der Waals surface area contributed by atoms with Gasteiger partial charge < -0.3 is 19.7 Å². The highest BCUT2D eigenvalue weighted by Crippen LogP contribution is 2.35. The van der Waals surface area contributed by atoms with Crippen LogP contribution < -0.4 is 19.1 Å². The van der Waals surface area contributed by atoms with Crippen LogP contribution in [-0.4, -0.2) is 70.9 Å². The molecule has 1 atom stereocenters. The third-order valence-electron chi connectivity index (χ3n) is 5.02. The number of rotatable bonds is 8. The number of hydrogen-bond acceptors (Lipinski definition) is 6. The van der Waals surface area contributed by atoms with Gasteiger partial charge in [-0.3, -0.25) is 9.10 Å². The Labute approximate surface area is 166 Å². The zero-order valence-corrected chi connectivity index (χ0v) is 17.3. The number of nitrogens with one attached hydrogen (secondary N) is 1. The molecule has 8 nitrogen and oxygen atoms in total. The number of carbonyl (C=O) groups is 1. The average Bonchev–Trinajstić information content (AvgIpc) is 3.17. The number of sulfonamides is 1. The molecule has 2 heterocycles. The monoisotopic (exact) mass is 411 g/mol. The Morgan fingerprint density at radius 2 is 1.89 bits per heavy atom. The van der Waals surface area contributed by atoms with Gasteiger partial charge in [0.15, 0.2) is 11.5 Å². The van der Waals surface area contributed by atoms with E-state index in [9.17, 15) is 13.2 Å². The first-order chi connectivity index (χ1) is 13.4. The highest BCUT2D eigenvalue weighted by molar-refractivity contribution is 7.92. The molecule has 156 valence electrons. The van der Waals surface area contributed by atoms with E-state index in [1.165, 1.54) is 12.8 Å². The summed E-state index contributed by atoms with van der Waals surface area (Å²) in [5, 5.41) is 2.86. The van der Waals surface area contributed by atoms with Crippen LogP contribution in [0.1, 0.15) is 26.2 Å². The van der Waals surface area contributed by atoms with Crippen molar-refractivity contribution in [3.63, 3.8) is 0 Å². The third kappa shape index (κ3) is 5.08. The van der Waals surface area contributed by atoms with Gasteiger partial charge in [-0.25, -0.2) is 8.42 Å². The van der Waals surface area contributed by atoms with Crippen LogP contribution in [0.2, 0.25) is 0 Å². The SMILES string of the molecule is C[C@H](C(=O)NCCCN1CCCC1)N(c1ccc2c(c1)OCCO2)S(C)(=O)=O. The van der Waals surface area contributed by atoms with Gasteiger partial charge in [0.25, 0.3) is 0 Å². The Bertz CT molecular complexity index is 793. The lowest BCUT2D eigenvalue weighted by atomic mass is 10.2. The van der Waals surface area contributed by atoms with Crippen LogP contribution in [0.5, 0.6) is 11.5 Å². The number of fused-ring (bicyclic) bond motifs is 1. The molecule has 0 saturated carbocycles. The number of benzene rings is 1. The van der Waals surface area contributed by atoms with Crippen LogP contribution in [-0.2, 0) is 14.8 Å². The maximum absolute atomic E-state index is 12.6. The van der Waals surface area contributed by atoms with Gasteiger partial charge in [0.2, 0.25) is 15.9 Å². The zero-order chi connectivity index (χ0) is 20.1. The average molecular weight is 412 g/mol. The lowest BCUT2D eigenvalue weighted by Gasteiger charge is -2.29. The van der Waals surface area contributed by atoms with Gasteiger partial charge in [-0.1, -0.05) is 0 Å². The summed E-state index contributed by atoms with van der Waals surface area (Å²) in [5.41, 5.74) is 0.381. The second-order valence-electron chi connectivity index (χ2n) is 7.26. The van der Waals surface area contributed by atoms with Gasteiger partial charge in [0.05, 0.1) is 11.9 Å². The second kappa shape index (κ2) is 9.00. The smallest absolute Gasteiger partial charge is 0.243 e. The molecular formula is C19H29N3O5S. The van der Waals surface area contributed by atoms with Crippen LogP contribution >= 0.6 is 0 Å². The number of carbonyl (C=O) groups excluding carboxylic acids is 1. The van der Waals surface area contributed by atoms with Crippen molar-refractivity contribution in [1.82, 2.24) is 10.2 Å². The first-order valence-corrected chi connectivity index (χ1v) is 11.6. The lowest BCUT2D eigenvalue weighted by Crippen LogP contribution is -2.48. The van der Waals surface area contributed by atoms with Gasteiger partial charge in [-0.15, -0.1) is 0 Å². The van der Waals surface area contributed by atoms with Crippen molar-refractivity contribution >= 4 is 21.6 Å². The minimum Gasteiger partial charge on any atom is -0.486 e. The highest BCUT2D eigenvalue weighted by Gasteiger charge is 2.30. The standard InChI is InChI=1S/C19H29N3O5S/c1-15(19(23)20-8-5-11-21-9-3-4-10-21)22(28(2,24)25)16-6-7-17-18(14-16)27-13-12-26-17/h6-7,14-15H,3-5,8-13H2,1-2H3,(H,20,23)/t15-/m1/s1. The number of nitrogens with zero attached hydrogens (tertiary/aromatic N) is 2. The summed E-state index contributed by atoms with van der Waals surface area (Å²) in [6.07, 6.45) is 4.42. The molecule has 28 heavy (non-hydrogen) atoms. The summed E-state index contributed by atoms with van der Waals surface area (Å²) in [5.74, 6) is 0.736. The van der Waals surface area contributed by atoms with E-state index in [-0.39, 0.29) is 5.91 Å². The fourth-order valence-electron chi connectivity index (χ4n) is 3.65. The van der Waals surface area contributed by atoms with Crippen molar-refractivity contribution in [3.05, 3.63) is 18.2 Å². The minimum absolute atomic E-state index is 0.318. The van der Waals surface area contributed by atoms with E-state index in [1.807, 2.05) is 0 Å². The van der Waals surface area contributed by atoms with E-state index >= 15 is 0 Å². The van der Waals surface area contributed by atoms with Crippen LogP contribution in [0.3, 0.4) is 0 Å². The van der Waals surface area contributed by atoms with Gasteiger partial charge in [-0.2, -0.15) is 0 Å². The molecule has 3 rings (SSSR count).